The van der Waals surface area contributed by atoms with Crippen LogP contribution in [0.1, 0.15) is 71.2 Å². The summed E-state index contributed by atoms with van der Waals surface area (Å²) in [4.78, 5) is 21.9. The first kappa shape index (κ1) is 67.7. The van der Waals surface area contributed by atoms with E-state index in [1.165, 1.54) is 11.1 Å². The molecule has 0 amide bonds. The molecule has 0 unspecified atom stereocenters. The molecule has 0 N–H and O–H groups in total. The largest absolute Gasteiger partial charge is 0.382 e. The topological polar surface area (TPSA) is 148 Å². The van der Waals surface area contributed by atoms with Crippen molar-refractivity contribution < 1.29 is 76.4 Å². The summed E-state index contributed by atoms with van der Waals surface area (Å²) in [5.74, 6) is 0. The Morgan fingerprint density at radius 3 is 0.987 bits per heavy atom. The standard InChI is InChI=1S/C58H88Br2O16/c1-5-19-63-29-33-71-41-43-75-73-23-16-50-8-10-51(53(46-50)17-22-66-32-36-70-40-38-68-28-26-62-4)11-13-55-47-58(60)56(48-57(55)59)14-12-52-9-7-49(15-21-65-31-35-69-39-37-67-27-25-61-3)45-54(52)18-24-74-76-44-42-72-34-30-64-20-6-2/h7-14,45-48H,5-6,15-44H2,1-4H3/b13-11+,14-12+. The van der Waals surface area contributed by atoms with E-state index in [1.54, 1.807) is 14.2 Å². The van der Waals surface area contributed by atoms with Crippen molar-refractivity contribution in [3.8, 4) is 0 Å². The summed E-state index contributed by atoms with van der Waals surface area (Å²) in [7, 11) is 3.31. The van der Waals surface area contributed by atoms with Crippen molar-refractivity contribution in [2.24, 2.45) is 0 Å². The first-order chi connectivity index (χ1) is 37.5. The summed E-state index contributed by atoms with van der Waals surface area (Å²) in [6.45, 7) is 17.7. The molecular formula is C58H88Br2O16. The molecule has 0 aliphatic carbocycles. The molecular weight excluding hydrogens is 1110 g/mol. The molecule has 76 heavy (non-hydrogen) atoms. The molecule has 0 atom stereocenters. The normalized spacial score (nSPS) is 11.9. The van der Waals surface area contributed by atoms with E-state index in [-0.39, 0.29) is 0 Å². The van der Waals surface area contributed by atoms with Crippen LogP contribution in [0.2, 0.25) is 0 Å². The number of benzene rings is 3. The molecule has 430 valence electrons. The van der Waals surface area contributed by atoms with Gasteiger partial charge < -0.3 is 56.8 Å². The van der Waals surface area contributed by atoms with Crippen molar-refractivity contribution in [3.05, 3.63) is 102 Å². The molecule has 0 aliphatic heterocycles. The molecule has 0 aliphatic rings. The number of halogens is 2. The molecule has 0 spiro atoms. The van der Waals surface area contributed by atoms with E-state index >= 15 is 0 Å². The highest BCUT2D eigenvalue weighted by molar-refractivity contribution is 9.11. The maximum Gasteiger partial charge on any atom is 0.106 e. The second-order valence-electron chi connectivity index (χ2n) is 17.0. The predicted molar refractivity (Wildman–Crippen MR) is 304 cm³/mol. The second-order valence-corrected chi connectivity index (χ2v) is 18.7. The van der Waals surface area contributed by atoms with Gasteiger partial charge in [0.2, 0.25) is 0 Å². The van der Waals surface area contributed by atoms with E-state index in [4.69, 9.17) is 76.4 Å². The maximum atomic E-state index is 6.00. The Morgan fingerprint density at radius 2 is 0.592 bits per heavy atom. The van der Waals surface area contributed by atoms with Gasteiger partial charge in [-0.05, 0) is 95.2 Å². The number of methoxy groups -OCH3 is 2. The lowest BCUT2D eigenvalue weighted by molar-refractivity contribution is -0.298. The van der Waals surface area contributed by atoms with Crippen molar-refractivity contribution in [1.82, 2.24) is 0 Å². The highest BCUT2D eigenvalue weighted by Crippen LogP contribution is 2.30. The zero-order valence-electron chi connectivity index (χ0n) is 45.8. The Bertz CT molecular complexity index is 1790. The van der Waals surface area contributed by atoms with Crippen LogP contribution in [0.25, 0.3) is 24.3 Å². The summed E-state index contributed by atoms with van der Waals surface area (Å²) in [6, 6.07) is 17.3. The van der Waals surface area contributed by atoms with Crippen molar-refractivity contribution >= 4 is 56.2 Å². The lowest BCUT2D eigenvalue weighted by Gasteiger charge is -2.12. The van der Waals surface area contributed by atoms with Crippen LogP contribution in [0, 0.1) is 0 Å². The lowest BCUT2D eigenvalue weighted by Crippen LogP contribution is -2.12. The third-order valence-electron chi connectivity index (χ3n) is 11.0. The molecule has 18 heteroatoms. The minimum absolute atomic E-state index is 0.337. The van der Waals surface area contributed by atoms with E-state index in [1.807, 2.05) is 0 Å². The molecule has 3 aromatic rings. The lowest BCUT2D eigenvalue weighted by atomic mass is 9.98. The highest BCUT2D eigenvalue weighted by Gasteiger charge is 2.09. The fourth-order valence-electron chi connectivity index (χ4n) is 6.99. The third-order valence-corrected chi connectivity index (χ3v) is 12.4. The Kier molecular flexibility index (Phi) is 43.1. The number of rotatable bonds is 52. The molecule has 0 fully saturated rings. The smallest absolute Gasteiger partial charge is 0.106 e. The molecule has 0 saturated carbocycles. The van der Waals surface area contributed by atoms with E-state index < -0.39 is 0 Å². The second kappa shape index (κ2) is 48.4. The van der Waals surface area contributed by atoms with Gasteiger partial charge in [-0.1, -0.05) is 106 Å². The van der Waals surface area contributed by atoms with Gasteiger partial charge in [-0.25, -0.2) is 19.6 Å². The minimum atomic E-state index is 0.337. The summed E-state index contributed by atoms with van der Waals surface area (Å²) >= 11 is 7.73. The summed E-state index contributed by atoms with van der Waals surface area (Å²) in [5, 5.41) is 0. The Hall–Kier alpha value is -2.54. The van der Waals surface area contributed by atoms with Gasteiger partial charge in [-0.2, -0.15) is 0 Å². The highest BCUT2D eigenvalue weighted by atomic mass is 79.9. The number of ether oxygens (including phenoxy) is 12. The maximum absolute atomic E-state index is 6.00. The minimum Gasteiger partial charge on any atom is -0.382 e. The molecule has 3 aromatic carbocycles. The van der Waals surface area contributed by atoms with Gasteiger partial charge in [-0.15, -0.1) is 0 Å². The van der Waals surface area contributed by atoms with Crippen LogP contribution in [0.3, 0.4) is 0 Å². The van der Waals surface area contributed by atoms with E-state index in [9.17, 15) is 0 Å². The van der Waals surface area contributed by atoms with Crippen LogP contribution in [0.4, 0.5) is 0 Å². The quantitative estimate of drug-likeness (QED) is 0.0228. The van der Waals surface area contributed by atoms with Crippen molar-refractivity contribution in [1.29, 1.82) is 0 Å². The molecule has 0 bridgehead atoms. The SMILES string of the molecule is CCCOCCOCCOOCCc1ccc(/C=C/c2cc(Br)c(/C=C/c3ccc(CCOCCOCCOCCOC)cc3CCOOCCOCCOCCC)cc2Br)c(CCOCCOCCOCCOC)c1. The van der Waals surface area contributed by atoms with Crippen LogP contribution in [-0.4, -0.2) is 186 Å². The predicted octanol–water partition coefficient (Wildman–Crippen LogP) is 9.90. The first-order valence-electron chi connectivity index (χ1n) is 26.8. The monoisotopic (exact) mass is 1200 g/mol. The molecule has 3 rings (SSSR count). The van der Waals surface area contributed by atoms with Crippen LogP contribution in [0.15, 0.2) is 57.5 Å². The average Bonchev–Trinajstić information content (AvgIpc) is 3.42. The van der Waals surface area contributed by atoms with Gasteiger partial charge in [0.15, 0.2) is 0 Å². The number of hydrogen-bond donors (Lipinski definition) is 0. The van der Waals surface area contributed by atoms with Crippen LogP contribution in [-0.2, 0) is 102 Å². The Morgan fingerprint density at radius 1 is 0.303 bits per heavy atom. The number of hydrogen-bond acceptors (Lipinski definition) is 16. The van der Waals surface area contributed by atoms with Crippen LogP contribution < -0.4 is 0 Å². The van der Waals surface area contributed by atoms with Crippen LogP contribution in [0.5, 0.6) is 0 Å². The molecule has 0 radical (unpaired) electrons. The van der Waals surface area contributed by atoms with E-state index in [0.29, 0.717) is 171 Å². The Labute approximate surface area is 470 Å². The Balaban J connectivity index is 1.64. The molecule has 0 saturated heterocycles. The van der Waals surface area contributed by atoms with Crippen molar-refractivity contribution in [2.45, 2.75) is 52.4 Å². The summed E-state index contributed by atoms with van der Waals surface area (Å²) in [6.07, 6.45) is 13.4. The molecule has 0 aromatic heterocycles. The van der Waals surface area contributed by atoms with Gasteiger partial charge in [0, 0.05) is 36.4 Å². The van der Waals surface area contributed by atoms with Crippen molar-refractivity contribution in [3.63, 3.8) is 0 Å². The van der Waals surface area contributed by atoms with Gasteiger partial charge >= 0.3 is 0 Å². The van der Waals surface area contributed by atoms with Gasteiger partial charge in [0.1, 0.15) is 13.2 Å². The fraction of sp³-hybridized carbons (Fsp3) is 0.621. The summed E-state index contributed by atoms with van der Waals surface area (Å²) in [5.41, 5.74) is 8.86. The van der Waals surface area contributed by atoms with Gasteiger partial charge in [-0.3, -0.25) is 0 Å². The molecule has 16 nitrogen and oxygen atoms in total. The van der Waals surface area contributed by atoms with E-state index in [2.05, 4.69) is 119 Å². The van der Waals surface area contributed by atoms with Gasteiger partial charge in [0.25, 0.3) is 0 Å². The zero-order valence-corrected chi connectivity index (χ0v) is 49.0. The fourth-order valence-corrected chi connectivity index (χ4v) is 7.97. The van der Waals surface area contributed by atoms with Gasteiger partial charge in [0.05, 0.1) is 145 Å². The third kappa shape index (κ3) is 34.5. The first-order valence-corrected chi connectivity index (χ1v) is 28.4. The summed E-state index contributed by atoms with van der Waals surface area (Å²) < 4.78 is 68.1. The van der Waals surface area contributed by atoms with Crippen LogP contribution >= 0.6 is 31.9 Å². The van der Waals surface area contributed by atoms with E-state index in [0.717, 1.165) is 81.2 Å². The molecule has 0 heterocycles. The average molecular weight is 1200 g/mol. The van der Waals surface area contributed by atoms with Crippen molar-refractivity contribution in [2.75, 3.05) is 186 Å². The zero-order chi connectivity index (χ0) is 54.2.